The lowest BCUT2D eigenvalue weighted by Crippen LogP contribution is -2.23. The van der Waals surface area contributed by atoms with Crippen LogP contribution in [0.2, 0.25) is 0 Å². The quantitative estimate of drug-likeness (QED) is 0.487. The first-order valence-corrected chi connectivity index (χ1v) is 12.3. The number of carbonyl (C=O) groups is 1. The number of rotatable bonds is 8. The molecule has 1 N–H and O–H groups in total. The second-order valence-corrected chi connectivity index (χ2v) is 10.8. The zero-order valence-electron chi connectivity index (χ0n) is 17.3. The van der Waals surface area contributed by atoms with Gasteiger partial charge in [0.2, 0.25) is 5.91 Å². The van der Waals surface area contributed by atoms with Gasteiger partial charge >= 0.3 is 0 Å². The number of ether oxygens (including phenoxy) is 1. The summed E-state index contributed by atoms with van der Waals surface area (Å²) in [5.41, 5.74) is 1.62. The van der Waals surface area contributed by atoms with Crippen LogP contribution in [-0.2, 0) is 21.2 Å². The van der Waals surface area contributed by atoms with E-state index >= 15 is 0 Å². The molecule has 2 unspecified atom stereocenters. The lowest BCUT2D eigenvalue weighted by Gasteiger charge is -2.15. The number of sulfone groups is 1. The summed E-state index contributed by atoms with van der Waals surface area (Å²) in [5, 5.41) is 11.5. The van der Waals surface area contributed by atoms with Gasteiger partial charge in [-0.1, -0.05) is 23.9 Å². The third kappa shape index (κ3) is 5.04. The fourth-order valence-electron chi connectivity index (χ4n) is 3.35. The van der Waals surface area contributed by atoms with E-state index in [1.54, 1.807) is 20.1 Å². The van der Waals surface area contributed by atoms with E-state index in [-0.39, 0.29) is 23.3 Å². The van der Waals surface area contributed by atoms with Crippen molar-refractivity contribution in [2.45, 2.75) is 43.1 Å². The third-order valence-corrected chi connectivity index (χ3v) is 7.77. The molecule has 2 aromatic rings. The van der Waals surface area contributed by atoms with E-state index in [0.717, 1.165) is 5.56 Å². The van der Waals surface area contributed by atoms with Gasteiger partial charge in [0, 0.05) is 12.5 Å². The van der Waals surface area contributed by atoms with Crippen molar-refractivity contribution in [3.63, 3.8) is 0 Å². The van der Waals surface area contributed by atoms with Crippen LogP contribution in [0.4, 0.5) is 5.69 Å². The summed E-state index contributed by atoms with van der Waals surface area (Å²) in [6.45, 7) is 7.95. The second kappa shape index (κ2) is 9.22. The zero-order chi connectivity index (χ0) is 21.9. The Kier molecular flexibility index (Phi) is 6.87. The highest BCUT2D eigenvalue weighted by atomic mass is 32.2. The van der Waals surface area contributed by atoms with Crippen molar-refractivity contribution < 1.29 is 17.9 Å². The fraction of sp³-hybridized carbons (Fsp3) is 0.450. The summed E-state index contributed by atoms with van der Waals surface area (Å²) in [5.74, 6) is 1.09. The summed E-state index contributed by atoms with van der Waals surface area (Å²) in [6.07, 6.45) is 2.24. The van der Waals surface area contributed by atoms with E-state index < -0.39 is 15.1 Å². The molecule has 1 saturated heterocycles. The molecule has 8 nitrogen and oxygen atoms in total. The topological polar surface area (TPSA) is 103 Å². The van der Waals surface area contributed by atoms with Gasteiger partial charge in [0.05, 0.1) is 29.6 Å². The molecule has 2 atom stereocenters. The predicted octanol–water partition coefficient (Wildman–Crippen LogP) is 2.80. The fourth-order valence-corrected chi connectivity index (χ4v) is 5.96. The lowest BCUT2D eigenvalue weighted by atomic mass is 10.1. The number of amides is 1. The maximum absolute atomic E-state index is 12.8. The Balaban J connectivity index is 1.76. The monoisotopic (exact) mass is 450 g/mol. The van der Waals surface area contributed by atoms with Gasteiger partial charge < -0.3 is 14.6 Å². The van der Waals surface area contributed by atoms with Crippen molar-refractivity contribution in [2.75, 3.05) is 23.9 Å². The smallest absolute Gasteiger partial charge is 0.237 e. The zero-order valence-corrected chi connectivity index (χ0v) is 18.9. The summed E-state index contributed by atoms with van der Waals surface area (Å²) in [7, 11) is -1.48. The third-order valence-electron chi connectivity index (χ3n) is 4.92. The molecule has 30 heavy (non-hydrogen) atoms. The van der Waals surface area contributed by atoms with Crippen LogP contribution in [0.1, 0.15) is 30.7 Å². The molecular formula is C20H26N4O4S2. The molecule has 162 valence electrons. The SMILES string of the molecule is C=CCn1c(SC(C)C(=O)Nc2cc(C)ccc2OC)nnc1C1CCS(=O)(=O)C1. The minimum atomic E-state index is -3.04. The molecule has 0 radical (unpaired) electrons. The van der Waals surface area contributed by atoms with Gasteiger partial charge in [-0.15, -0.1) is 16.8 Å². The largest absolute Gasteiger partial charge is 0.495 e. The molecule has 1 aromatic carbocycles. The Hall–Kier alpha value is -2.33. The number of nitrogens with zero attached hydrogens (tertiary/aromatic N) is 3. The van der Waals surface area contributed by atoms with Crippen LogP contribution in [-0.4, -0.2) is 53.0 Å². The maximum Gasteiger partial charge on any atom is 0.237 e. The second-order valence-electron chi connectivity index (χ2n) is 7.29. The summed E-state index contributed by atoms with van der Waals surface area (Å²) < 4.78 is 30.9. The van der Waals surface area contributed by atoms with Gasteiger partial charge in [0.15, 0.2) is 15.0 Å². The minimum Gasteiger partial charge on any atom is -0.495 e. The molecule has 10 heteroatoms. The Bertz CT molecular complexity index is 1050. The highest BCUT2D eigenvalue weighted by Crippen LogP contribution is 2.32. The molecular weight excluding hydrogens is 424 g/mol. The molecule has 1 aliphatic rings. The molecule has 0 saturated carbocycles. The van der Waals surface area contributed by atoms with Crippen LogP contribution in [0, 0.1) is 6.92 Å². The number of anilines is 1. The molecule has 1 aromatic heterocycles. The van der Waals surface area contributed by atoms with E-state index in [9.17, 15) is 13.2 Å². The standard InChI is InChI=1S/C20H26N4O4S2/c1-5-9-24-18(15-8-10-30(26,27)12-15)22-23-20(24)29-14(3)19(25)21-16-11-13(2)6-7-17(16)28-4/h5-7,11,14-15H,1,8-10,12H2,2-4H3,(H,21,25). The number of aromatic nitrogens is 3. The van der Waals surface area contributed by atoms with Gasteiger partial charge in [-0.05, 0) is 38.0 Å². The predicted molar refractivity (Wildman–Crippen MR) is 118 cm³/mol. The van der Waals surface area contributed by atoms with Crippen molar-refractivity contribution in [3.05, 3.63) is 42.2 Å². The molecule has 2 heterocycles. The van der Waals surface area contributed by atoms with Crippen molar-refractivity contribution in [3.8, 4) is 5.75 Å². The van der Waals surface area contributed by atoms with Gasteiger partial charge in [-0.2, -0.15) is 0 Å². The van der Waals surface area contributed by atoms with E-state index in [4.69, 9.17) is 4.74 Å². The van der Waals surface area contributed by atoms with Gasteiger partial charge in [0.1, 0.15) is 11.6 Å². The van der Waals surface area contributed by atoms with E-state index in [1.165, 1.54) is 11.8 Å². The number of aryl methyl sites for hydroxylation is 1. The number of thioether (sulfide) groups is 1. The first-order chi connectivity index (χ1) is 14.2. The molecule has 3 rings (SSSR count). The van der Waals surface area contributed by atoms with Crippen molar-refractivity contribution in [1.29, 1.82) is 0 Å². The molecule has 1 amide bonds. The molecule has 0 aliphatic carbocycles. The highest BCUT2D eigenvalue weighted by molar-refractivity contribution is 8.00. The number of benzene rings is 1. The lowest BCUT2D eigenvalue weighted by molar-refractivity contribution is -0.115. The number of methoxy groups -OCH3 is 1. The first kappa shape index (κ1) is 22.4. The highest BCUT2D eigenvalue weighted by Gasteiger charge is 2.33. The van der Waals surface area contributed by atoms with E-state index in [2.05, 4.69) is 22.1 Å². The first-order valence-electron chi connectivity index (χ1n) is 9.60. The van der Waals surface area contributed by atoms with Crippen LogP contribution in [0.25, 0.3) is 0 Å². The van der Waals surface area contributed by atoms with Gasteiger partial charge in [-0.3, -0.25) is 4.79 Å². The normalized spacial score (nSPS) is 18.7. The average molecular weight is 451 g/mol. The Morgan fingerprint density at radius 1 is 1.47 bits per heavy atom. The van der Waals surface area contributed by atoms with Crippen molar-refractivity contribution in [1.82, 2.24) is 14.8 Å². The maximum atomic E-state index is 12.8. The summed E-state index contributed by atoms with van der Waals surface area (Å²) in [6, 6.07) is 5.58. The number of allylic oxidation sites excluding steroid dienone is 1. The summed E-state index contributed by atoms with van der Waals surface area (Å²) in [4.78, 5) is 12.8. The Morgan fingerprint density at radius 3 is 2.87 bits per heavy atom. The van der Waals surface area contributed by atoms with Crippen LogP contribution in [0.15, 0.2) is 36.0 Å². The van der Waals surface area contributed by atoms with Crippen molar-refractivity contribution in [2.24, 2.45) is 0 Å². The van der Waals surface area contributed by atoms with Gasteiger partial charge in [0.25, 0.3) is 0 Å². The molecule has 1 aliphatic heterocycles. The van der Waals surface area contributed by atoms with E-state index in [0.29, 0.717) is 35.4 Å². The number of carbonyl (C=O) groups excluding carboxylic acids is 1. The number of hydrogen-bond donors (Lipinski definition) is 1. The Morgan fingerprint density at radius 2 is 2.23 bits per heavy atom. The van der Waals surface area contributed by atoms with Crippen LogP contribution >= 0.6 is 11.8 Å². The molecule has 1 fully saturated rings. The minimum absolute atomic E-state index is 0.0795. The molecule has 0 spiro atoms. The van der Waals surface area contributed by atoms with Crippen LogP contribution in [0.5, 0.6) is 5.75 Å². The number of hydrogen-bond acceptors (Lipinski definition) is 7. The number of nitrogens with one attached hydrogen (secondary N) is 1. The molecule has 0 bridgehead atoms. The van der Waals surface area contributed by atoms with Gasteiger partial charge in [-0.25, -0.2) is 8.42 Å². The van der Waals surface area contributed by atoms with Crippen LogP contribution in [0.3, 0.4) is 0 Å². The Labute approximate surface area is 181 Å². The van der Waals surface area contributed by atoms with E-state index in [1.807, 2.05) is 29.7 Å². The average Bonchev–Trinajstić information content (AvgIpc) is 3.25. The van der Waals surface area contributed by atoms with Crippen molar-refractivity contribution >= 4 is 33.2 Å². The summed E-state index contributed by atoms with van der Waals surface area (Å²) >= 11 is 1.27. The van der Waals surface area contributed by atoms with Crippen LogP contribution < -0.4 is 10.1 Å².